The molecule has 0 unspecified atom stereocenters. The number of hydrogen-bond donors (Lipinski definition) is 1. The standard InChI is InChI=1S/C12H16N4/c1-14-11-5-3-7-16(9-11)12-10(8-13)4-2-6-15-12/h2,4,6,11,14H,3,5,7,9H2,1H3/t11-/m1/s1. The SMILES string of the molecule is CN[C@@H]1CCCN(c2ncccc2C#N)C1. The topological polar surface area (TPSA) is 52.0 Å². The summed E-state index contributed by atoms with van der Waals surface area (Å²) in [6.07, 6.45) is 4.09. The van der Waals surface area contributed by atoms with E-state index < -0.39 is 0 Å². The number of nitriles is 1. The monoisotopic (exact) mass is 216 g/mol. The first-order valence-corrected chi connectivity index (χ1v) is 5.62. The van der Waals surface area contributed by atoms with Gasteiger partial charge >= 0.3 is 0 Å². The fourth-order valence-corrected chi connectivity index (χ4v) is 2.14. The van der Waals surface area contributed by atoms with Gasteiger partial charge in [0.2, 0.25) is 0 Å². The van der Waals surface area contributed by atoms with E-state index in [0.29, 0.717) is 11.6 Å². The summed E-state index contributed by atoms with van der Waals surface area (Å²) in [6.45, 7) is 1.92. The highest BCUT2D eigenvalue weighted by Gasteiger charge is 2.21. The van der Waals surface area contributed by atoms with E-state index in [4.69, 9.17) is 5.26 Å². The van der Waals surface area contributed by atoms with Crippen molar-refractivity contribution in [3.63, 3.8) is 0 Å². The summed E-state index contributed by atoms with van der Waals surface area (Å²) in [7, 11) is 1.98. The molecule has 0 aliphatic carbocycles. The Hall–Kier alpha value is -1.60. The highest BCUT2D eigenvalue weighted by molar-refractivity contribution is 5.53. The number of anilines is 1. The lowest BCUT2D eigenvalue weighted by Crippen LogP contribution is -2.45. The summed E-state index contributed by atoms with van der Waals surface area (Å²) in [5.74, 6) is 0.824. The molecule has 4 nitrogen and oxygen atoms in total. The van der Waals surface area contributed by atoms with Crippen LogP contribution >= 0.6 is 0 Å². The lowest BCUT2D eigenvalue weighted by atomic mass is 10.1. The second kappa shape index (κ2) is 4.95. The van der Waals surface area contributed by atoms with E-state index >= 15 is 0 Å². The van der Waals surface area contributed by atoms with Crippen molar-refractivity contribution < 1.29 is 0 Å². The number of rotatable bonds is 2. The van der Waals surface area contributed by atoms with Gasteiger partial charge in [-0.1, -0.05) is 0 Å². The van der Waals surface area contributed by atoms with E-state index in [1.54, 1.807) is 6.20 Å². The van der Waals surface area contributed by atoms with E-state index in [0.717, 1.165) is 25.3 Å². The summed E-state index contributed by atoms with van der Waals surface area (Å²) >= 11 is 0. The average Bonchev–Trinajstić information content (AvgIpc) is 2.38. The molecular weight excluding hydrogens is 200 g/mol. The molecule has 4 heteroatoms. The van der Waals surface area contributed by atoms with Crippen LogP contribution in [-0.4, -0.2) is 31.2 Å². The van der Waals surface area contributed by atoms with Gasteiger partial charge in [-0.05, 0) is 32.0 Å². The second-order valence-corrected chi connectivity index (χ2v) is 4.06. The Morgan fingerprint density at radius 3 is 3.25 bits per heavy atom. The van der Waals surface area contributed by atoms with Gasteiger partial charge in [0, 0.05) is 25.3 Å². The summed E-state index contributed by atoms with van der Waals surface area (Å²) in [5.41, 5.74) is 0.666. The summed E-state index contributed by atoms with van der Waals surface area (Å²) < 4.78 is 0. The van der Waals surface area contributed by atoms with Gasteiger partial charge in [-0.15, -0.1) is 0 Å². The minimum atomic E-state index is 0.502. The van der Waals surface area contributed by atoms with Crippen LogP contribution < -0.4 is 10.2 Å². The maximum absolute atomic E-state index is 9.04. The zero-order chi connectivity index (χ0) is 11.4. The van der Waals surface area contributed by atoms with Crippen LogP contribution in [-0.2, 0) is 0 Å². The number of nitrogens with zero attached hydrogens (tertiary/aromatic N) is 3. The highest BCUT2D eigenvalue weighted by Crippen LogP contribution is 2.20. The quantitative estimate of drug-likeness (QED) is 0.805. The van der Waals surface area contributed by atoms with Crippen LogP contribution in [0.3, 0.4) is 0 Å². The van der Waals surface area contributed by atoms with Crippen LogP contribution in [0.2, 0.25) is 0 Å². The van der Waals surface area contributed by atoms with Gasteiger partial charge in [0.05, 0.1) is 5.56 Å². The molecule has 2 heterocycles. The molecule has 1 N–H and O–H groups in total. The maximum Gasteiger partial charge on any atom is 0.146 e. The van der Waals surface area contributed by atoms with Gasteiger partial charge in [-0.3, -0.25) is 0 Å². The van der Waals surface area contributed by atoms with Crippen molar-refractivity contribution in [2.45, 2.75) is 18.9 Å². The van der Waals surface area contributed by atoms with Crippen molar-refractivity contribution in [3.05, 3.63) is 23.9 Å². The molecule has 16 heavy (non-hydrogen) atoms. The smallest absolute Gasteiger partial charge is 0.146 e. The normalized spacial score (nSPS) is 20.5. The number of likely N-dealkylation sites (N-methyl/N-ethyl adjacent to an activating group) is 1. The van der Waals surface area contributed by atoms with Gasteiger partial charge in [0.25, 0.3) is 0 Å². The lowest BCUT2D eigenvalue weighted by Gasteiger charge is -2.33. The second-order valence-electron chi connectivity index (χ2n) is 4.06. The van der Waals surface area contributed by atoms with Gasteiger partial charge in [0.15, 0.2) is 0 Å². The van der Waals surface area contributed by atoms with Crippen molar-refractivity contribution in [2.24, 2.45) is 0 Å². The molecule has 1 aliphatic heterocycles. The third-order valence-electron chi connectivity index (χ3n) is 3.04. The molecule has 1 saturated heterocycles. The molecule has 2 rings (SSSR count). The Kier molecular flexibility index (Phi) is 3.37. The van der Waals surface area contributed by atoms with E-state index in [1.165, 1.54) is 6.42 Å². The van der Waals surface area contributed by atoms with Crippen LogP contribution in [0.5, 0.6) is 0 Å². The molecule has 1 fully saturated rings. The summed E-state index contributed by atoms with van der Waals surface area (Å²) in [5, 5.41) is 12.3. The number of piperidine rings is 1. The predicted molar refractivity (Wildman–Crippen MR) is 63.2 cm³/mol. The summed E-state index contributed by atoms with van der Waals surface area (Å²) in [4.78, 5) is 6.52. The molecule has 1 aromatic rings. The summed E-state index contributed by atoms with van der Waals surface area (Å²) in [6, 6.07) is 6.34. The Morgan fingerprint density at radius 2 is 2.50 bits per heavy atom. The van der Waals surface area contributed by atoms with Crippen molar-refractivity contribution in [1.82, 2.24) is 10.3 Å². The lowest BCUT2D eigenvalue weighted by molar-refractivity contribution is 0.447. The number of pyridine rings is 1. The molecule has 0 saturated carbocycles. The van der Waals surface area contributed by atoms with Crippen LogP contribution in [0.1, 0.15) is 18.4 Å². The molecule has 0 aromatic carbocycles. The van der Waals surface area contributed by atoms with E-state index in [-0.39, 0.29) is 0 Å². The molecule has 1 atom stereocenters. The van der Waals surface area contributed by atoms with Gasteiger partial charge in [-0.25, -0.2) is 4.98 Å². The third-order valence-corrected chi connectivity index (χ3v) is 3.04. The van der Waals surface area contributed by atoms with Crippen molar-refractivity contribution in [2.75, 3.05) is 25.0 Å². The molecule has 1 aliphatic rings. The Balaban J connectivity index is 2.20. The number of aromatic nitrogens is 1. The zero-order valence-electron chi connectivity index (χ0n) is 9.48. The van der Waals surface area contributed by atoms with Gasteiger partial charge in [0.1, 0.15) is 11.9 Å². The zero-order valence-corrected chi connectivity index (χ0v) is 9.48. The minimum Gasteiger partial charge on any atom is -0.354 e. The molecule has 84 valence electrons. The Morgan fingerprint density at radius 1 is 1.62 bits per heavy atom. The Labute approximate surface area is 95.9 Å². The van der Waals surface area contributed by atoms with Crippen molar-refractivity contribution >= 4 is 5.82 Å². The maximum atomic E-state index is 9.04. The molecule has 0 amide bonds. The van der Waals surface area contributed by atoms with Crippen molar-refractivity contribution in [3.8, 4) is 6.07 Å². The van der Waals surface area contributed by atoms with E-state index in [2.05, 4.69) is 21.3 Å². The van der Waals surface area contributed by atoms with Crippen LogP contribution in [0.15, 0.2) is 18.3 Å². The van der Waals surface area contributed by atoms with Crippen molar-refractivity contribution in [1.29, 1.82) is 5.26 Å². The minimum absolute atomic E-state index is 0.502. The molecule has 0 radical (unpaired) electrons. The largest absolute Gasteiger partial charge is 0.354 e. The van der Waals surface area contributed by atoms with Crippen LogP contribution in [0.25, 0.3) is 0 Å². The van der Waals surface area contributed by atoms with E-state index in [9.17, 15) is 0 Å². The average molecular weight is 216 g/mol. The van der Waals surface area contributed by atoms with Gasteiger partial charge in [-0.2, -0.15) is 5.26 Å². The van der Waals surface area contributed by atoms with Crippen LogP contribution in [0.4, 0.5) is 5.82 Å². The first kappa shape index (κ1) is 10.9. The Bertz CT molecular complexity index is 396. The molecule has 1 aromatic heterocycles. The molecule has 0 bridgehead atoms. The molecule has 0 spiro atoms. The fourth-order valence-electron chi connectivity index (χ4n) is 2.14. The third kappa shape index (κ3) is 2.15. The van der Waals surface area contributed by atoms with Gasteiger partial charge < -0.3 is 10.2 Å². The predicted octanol–water partition coefficient (Wildman–Crippen LogP) is 1.14. The number of hydrogen-bond acceptors (Lipinski definition) is 4. The highest BCUT2D eigenvalue weighted by atomic mass is 15.2. The number of nitrogens with one attached hydrogen (secondary N) is 1. The van der Waals surface area contributed by atoms with Crippen LogP contribution in [0, 0.1) is 11.3 Å². The first-order valence-electron chi connectivity index (χ1n) is 5.62. The fraction of sp³-hybridized carbons (Fsp3) is 0.500. The van der Waals surface area contributed by atoms with E-state index in [1.807, 2.05) is 19.2 Å². The first-order chi connectivity index (χ1) is 7.85. The molecular formula is C12H16N4.